The minimum atomic E-state index is -0.253. The van der Waals surface area contributed by atoms with Crippen LogP contribution < -0.4 is 5.32 Å². The second kappa shape index (κ2) is 7.57. The lowest BCUT2D eigenvalue weighted by Gasteiger charge is -2.31. The van der Waals surface area contributed by atoms with Gasteiger partial charge in [0.2, 0.25) is 0 Å². The van der Waals surface area contributed by atoms with Gasteiger partial charge in [0.15, 0.2) is 0 Å². The monoisotopic (exact) mass is 297 g/mol. The van der Waals surface area contributed by atoms with Gasteiger partial charge in [0.05, 0.1) is 6.61 Å². The van der Waals surface area contributed by atoms with Gasteiger partial charge in [0.25, 0.3) is 0 Å². The fourth-order valence-corrected chi connectivity index (χ4v) is 2.96. The molecule has 0 saturated carbocycles. The molecule has 0 fully saturated rings. The highest BCUT2D eigenvalue weighted by atomic mass is 16.3. The van der Waals surface area contributed by atoms with Gasteiger partial charge in [-0.25, -0.2) is 0 Å². The van der Waals surface area contributed by atoms with Crippen LogP contribution in [0.3, 0.4) is 0 Å². The van der Waals surface area contributed by atoms with Crippen LogP contribution in [0.25, 0.3) is 0 Å². The van der Waals surface area contributed by atoms with E-state index in [0.29, 0.717) is 12.0 Å². The first-order valence-electron chi connectivity index (χ1n) is 8.00. The highest BCUT2D eigenvalue weighted by Crippen LogP contribution is 2.29. The summed E-state index contributed by atoms with van der Waals surface area (Å²) in [5.41, 5.74) is 2.42. The zero-order valence-electron chi connectivity index (χ0n) is 13.8. The van der Waals surface area contributed by atoms with Gasteiger partial charge in [-0.3, -0.25) is 0 Å². The second-order valence-electron chi connectivity index (χ2n) is 6.70. The average molecular weight is 297 g/mol. The third-order valence-corrected chi connectivity index (χ3v) is 4.03. The van der Waals surface area contributed by atoms with Crippen molar-refractivity contribution in [2.24, 2.45) is 0 Å². The van der Waals surface area contributed by atoms with Crippen LogP contribution in [-0.4, -0.2) is 23.3 Å². The maximum absolute atomic E-state index is 9.45. The number of benzene rings is 2. The minimum Gasteiger partial charge on any atom is -0.394 e. The highest BCUT2D eigenvalue weighted by molar-refractivity contribution is 5.32. The first-order valence-corrected chi connectivity index (χ1v) is 8.00. The summed E-state index contributed by atoms with van der Waals surface area (Å²) in [4.78, 5) is 0. The molecule has 2 nitrogen and oxygen atoms in total. The van der Waals surface area contributed by atoms with Crippen molar-refractivity contribution < 1.29 is 5.11 Å². The van der Waals surface area contributed by atoms with E-state index in [1.807, 2.05) is 13.8 Å². The zero-order valence-corrected chi connectivity index (χ0v) is 13.8. The van der Waals surface area contributed by atoms with Gasteiger partial charge in [0, 0.05) is 17.5 Å². The second-order valence-corrected chi connectivity index (χ2v) is 6.70. The van der Waals surface area contributed by atoms with E-state index in [-0.39, 0.29) is 12.1 Å². The maximum atomic E-state index is 9.45. The third-order valence-electron chi connectivity index (χ3n) is 4.03. The molecule has 0 radical (unpaired) electrons. The molecule has 2 aromatic rings. The van der Waals surface area contributed by atoms with Crippen molar-refractivity contribution in [1.82, 2.24) is 5.32 Å². The van der Waals surface area contributed by atoms with Gasteiger partial charge in [-0.2, -0.15) is 0 Å². The number of aliphatic hydroxyl groups is 1. The Balaban J connectivity index is 2.19. The molecular formula is C20H27NO. The van der Waals surface area contributed by atoms with E-state index in [1.54, 1.807) is 0 Å². The fraction of sp³-hybridized carbons (Fsp3) is 0.400. The molecule has 0 aliphatic heterocycles. The van der Waals surface area contributed by atoms with E-state index in [4.69, 9.17) is 0 Å². The van der Waals surface area contributed by atoms with Crippen molar-refractivity contribution in [2.75, 3.05) is 6.61 Å². The number of nitrogens with one attached hydrogen (secondary N) is 1. The largest absolute Gasteiger partial charge is 0.394 e. The van der Waals surface area contributed by atoms with E-state index in [1.165, 1.54) is 11.1 Å². The van der Waals surface area contributed by atoms with Crippen molar-refractivity contribution in [2.45, 2.75) is 44.7 Å². The van der Waals surface area contributed by atoms with Gasteiger partial charge < -0.3 is 10.4 Å². The maximum Gasteiger partial charge on any atom is 0.0607 e. The van der Waals surface area contributed by atoms with Crippen LogP contribution in [0.4, 0.5) is 0 Å². The predicted octanol–water partition coefficient (Wildman–Crippen LogP) is 3.96. The molecule has 2 N–H and O–H groups in total. The molecule has 2 heteroatoms. The van der Waals surface area contributed by atoms with Crippen molar-refractivity contribution in [3.8, 4) is 0 Å². The van der Waals surface area contributed by atoms with Gasteiger partial charge >= 0.3 is 0 Å². The number of aliphatic hydroxyl groups excluding tert-OH is 1. The van der Waals surface area contributed by atoms with Crippen molar-refractivity contribution in [3.05, 3.63) is 71.8 Å². The summed E-state index contributed by atoms with van der Waals surface area (Å²) in [5, 5.41) is 13.0. The molecule has 0 aromatic heterocycles. The Kier molecular flexibility index (Phi) is 5.76. The van der Waals surface area contributed by atoms with Crippen LogP contribution in [0, 0.1) is 0 Å². The standard InChI is InChI=1S/C20H27NO/c1-16(21-20(2,3)15-22)14-19(17-10-6-4-7-11-17)18-12-8-5-9-13-18/h4-13,16,19,21-22H,14-15H2,1-3H3. The Morgan fingerprint density at radius 2 is 1.36 bits per heavy atom. The summed E-state index contributed by atoms with van der Waals surface area (Å²) in [6.07, 6.45) is 0.997. The van der Waals surface area contributed by atoms with E-state index in [9.17, 15) is 5.11 Å². The molecule has 0 aliphatic carbocycles. The first kappa shape index (κ1) is 16.7. The molecular weight excluding hydrogens is 270 g/mol. The van der Waals surface area contributed by atoms with E-state index in [0.717, 1.165) is 6.42 Å². The number of hydrogen-bond donors (Lipinski definition) is 2. The average Bonchev–Trinajstić information content (AvgIpc) is 2.54. The molecule has 22 heavy (non-hydrogen) atoms. The molecule has 0 saturated heterocycles. The lowest BCUT2D eigenvalue weighted by atomic mass is 9.86. The SMILES string of the molecule is CC(CC(c1ccccc1)c1ccccc1)NC(C)(C)CO. The molecule has 1 unspecified atom stereocenters. The van der Waals surface area contributed by atoms with E-state index in [2.05, 4.69) is 72.9 Å². The smallest absolute Gasteiger partial charge is 0.0607 e. The van der Waals surface area contributed by atoms with Gasteiger partial charge in [0.1, 0.15) is 0 Å². The topological polar surface area (TPSA) is 32.3 Å². The summed E-state index contributed by atoms with van der Waals surface area (Å²) >= 11 is 0. The Labute approximate surface area is 134 Å². The molecule has 2 rings (SSSR count). The summed E-state index contributed by atoms with van der Waals surface area (Å²) in [5.74, 6) is 0.361. The van der Waals surface area contributed by atoms with Crippen LogP contribution in [0.15, 0.2) is 60.7 Å². The van der Waals surface area contributed by atoms with Crippen molar-refractivity contribution in [3.63, 3.8) is 0 Å². The first-order chi connectivity index (χ1) is 10.5. The molecule has 0 aliphatic rings. The number of rotatable bonds is 7. The fourth-order valence-electron chi connectivity index (χ4n) is 2.96. The van der Waals surface area contributed by atoms with Crippen molar-refractivity contribution >= 4 is 0 Å². The zero-order chi connectivity index (χ0) is 16.0. The van der Waals surface area contributed by atoms with Crippen LogP contribution >= 0.6 is 0 Å². The molecule has 118 valence electrons. The highest BCUT2D eigenvalue weighted by Gasteiger charge is 2.22. The number of hydrogen-bond acceptors (Lipinski definition) is 2. The Morgan fingerprint density at radius 1 is 0.909 bits per heavy atom. The van der Waals surface area contributed by atoms with Gasteiger partial charge in [-0.1, -0.05) is 60.7 Å². The molecule has 0 heterocycles. The normalized spacial score (nSPS) is 13.3. The molecule has 0 amide bonds. The predicted molar refractivity (Wildman–Crippen MR) is 93.1 cm³/mol. The van der Waals surface area contributed by atoms with Gasteiger partial charge in [-0.15, -0.1) is 0 Å². The Morgan fingerprint density at radius 3 is 1.77 bits per heavy atom. The molecule has 0 bridgehead atoms. The quantitative estimate of drug-likeness (QED) is 0.811. The Bertz CT molecular complexity index is 511. The lowest BCUT2D eigenvalue weighted by Crippen LogP contribution is -2.47. The lowest BCUT2D eigenvalue weighted by molar-refractivity contribution is 0.175. The molecule has 2 aromatic carbocycles. The molecule has 0 spiro atoms. The van der Waals surface area contributed by atoms with E-state index < -0.39 is 0 Å². The summed E-state index contributed by atoms with van der Waals surface area (Å²) in [7, 11) is 0. The summed E-state index contributed by atoms with van der Waals surface area (Å²) in [6.45, 7) is 6.39. The van der Waals surface area contributed by atoms with Crippen LogP contribution in [-0.2, 0) is 0 Å². The van der Waals surface area contributed by atoms with E-state index >= 15 is 0 Å². The molecule has 1 atom stereocenters. The minimum absolute atomic E-state index is 0.138. The summed E-state index contributed by atoms with van der Waals surface area (Å²) in [6, 6.07) is 21.6. The van der Waals surface area contributed by atoms with Gasteiger partial charge in [-0.05, 0) is 38.3 Å². The summed E-state index contributed by atoms with van der Waals surface area (Å²) < 4.78 is 0. The van der Waals surface area contributed by atoms with Crippen molar-refractivity contribution in [1.29, 1.82) is 0 Å². The van der Waals surface area contributed by atoms with Crippen LogP contribution in [0.5, 0.6) is 0 Å². The Hall–Kier alpha value is -1.64. The van der Waals surface area contributed by atoms with Crippen LogP contribution in [0.1, 0.15) is 44.2 Å². The third kappa shape index (κ3) is 4.69. The van der Waals surface area contributed by atoms with Crippen LogP contribution in [0.2, 0.25) is 0 Å².